The Kier molecular flexibility index (Phi) is 5.32. The normalized spacial score (nSPS) is 57.7. The molecule has 6 rings (SSSR count). The highest BCUT2D eigenvalue weighted by molar-refractivity contribution is 5.66. The molecule has 0 bridgehead atoms. The third-order valence-corrected chi connectivity index (χ3v) is 12.2. The zero-order chi connectivity index (χ0) is 23.2. The number of carbonyl (C=O) groups excluding carboxylic acids is 1. The second-order valence-electron chi connectivity index (χ2n) is 13.7. The second-order valence-corrected chi connectivity index (χ2v) is 13.7. The molecule has 5 unspecified atom stereocenters. The Labute approximate surface area is 200 Å². The van der Waals surface area contributed by atoms with Gasteiger partial charge in [-0.25, -0.2) is 0 Å². The molecule has 4 aliphatic carbocycles. The van der Waals surface area contributed by atoms with Crippen LogP contribution in [-0.2, 0) is 19.0 Å². The van der Waals surface area contributed by atoms with Gasteiger partial charge in [0.05, 0.1) is 12.7 Å². The zero-order valence-corrected chi connectivity index (χ0v) is 21.6. The number of hydrogen-bond donors (Lipinski definition) is 0. The summed E-state index contributed by atoms with van der Waals surface area (Å²) in [5.74, 6) is 4.63. The van der Waals surface area contributed by atoms with Crippen LogP contribution < -0.4 is 0 Å². The van der Waals surface area contributed by atoms with Gasteiger partial charge in [-0.2, -0.15) is 0 Å². The molecule has 2 aliphatic heterocycles. The lowest BCUT2D eigenvalue weighted by molar-refractivity contribution is -0.273. The van der Waals surface area contributed by atoms with Crippen LogP contribution in [0.4, 0.5) is 0 Å². The predicted molar refractivity (Wildman–Crippen MR) is 127 cm³/mol. The van der Waals surface area contributed by atoms with Gasteiger partial charge in [0.1, 0.15) is 6.10 Å². The van der Waals surface area contributed by atoms with Gasteiger partial charge in [0.2, 0.25) is 0 Å². The van der Waals surface area contributed by atoms with Crippen LogP contribution in [0, 0.1) is 52.3 Å². The quantitative estimate of drug-likeness (QED) is 0.429. The summed E-state index contributed by atoms with van der Waals surface area (Å²) in [6.45, 7) is 12.4. The molecule has 33 heavy (non-hydrogen) atoms. The van der Waals surface area contributed by atoms with Crippen molar-refractivity contribution in [3.8, 4) is 0 Å². The fourth-order valence-electron chi connectivity index (χ4n) is 10.6. The molecule has 0 aromatic heterocycles. The molecule has 1 spiro atoms. The van der Waals surface area contributed by atoms with E-state index in [-0.39, 0.29) is 17.9 Å². The first kappa shape index (κ1) is 22.8. The summed E-state index contributed by atoms with van der Waals surface area (Å²) in [5.41, 5.74) is 0.828. The van der Waals surface area contributed by atoms with E-state index in [9.17, 15) is 4.79 Å². The van der Waals surface area contributed by atoms with Crippen molar-refractivity contribution in [2.45, 2.75) is 117 Å². The smallest absolute Gasteiger partial charge is 0.302 e. The highest BCUT2D eigenvalue weighted by Crippen LogP contribution is 2.71. The first-order valence-corrected chi connectivity index (χ1v) is 14.2. The highest BCUT2D eigenvalue weighted by Gasteiger charge is 2.69. The SMILES string of the molecule is CC(=O)O[C@@H]1CC[C@]2(C)C3CC[C@@]4(C)C(C[C@@H]5O[C@]6(CCC(C)CO6)[C@@H](C)C54)C3CC[C@@H]2C1. The van der Waals surface area contributed by atoms with Crippen molar-refractivity contribution < 1.29 is 19.0 Å². The second kappa shape index (κ2) is 7.69. The molecule has 186 valence electrons. The van der Waals surface area contributed by atoms with Crippen molar-refractivity contribution in [3.05, 3.63) is 0 Å². The summed E-state index contributed by atoms with van der Waals surface area (Å²) in [5, 5.41) is 0. The Hall–Kier alpha value is -0.610. The third-order valence-electron chi connectivity index (χ3n) is 12.2. The van der Waals surface area contributed by atoms with E-state index in [0.717, 1.165) is 49.5 Å². The highest BCUT2D eigenvalue weighted by atomic mass is 16.7. The third kappa shape index (κ3) is 3.25. The molecule has 0 radical (unpaired) electrons. The molecular weight excluding hydrogens is 412 g/mol. The van der Waals surface area contributed by atoms with Crippen LogP contribution in [0.15, 0.2) is 0 Å². The Balaban J connectivity index is 1.21. The van der Waals surface area contributed by atoms with Crippen molar-refractivity contribution in [1.82, 2.24) is 0 Å². The van der Waals surface area contributed by atoms with Crippen molar-refractivity contribution in [2.75, 3.05) is 6.61 Å². The van der Waals surface area contributed by atoms with E-state index in [1.165, 1.54) is 44.9 Å². The van der Waals surface area contributed by atoms with E-state index >= 15 is 0 Å². The molecule has 4 heteroatoms. The van der Waals surface area contributed by atoms with E-state index < -0.39 is 0 Å². The van der Waals surface area contributed by atoms with E-state index in [4.69, 9.17) is 14.2 Å². The summed E-state index contributed by atoms with van der Waals surface area (Å²) in [7, 11) is 0. The maximum absolute atomic E-state index is 11.5. The van der Waals surface area contributed by atoms with Crippen molar-refractivity contribution in [3.63, 3.8) is 0 Å². The van der Waals surface area contributed by atoms with Gasteiger partial charge in [-0.15, -0.1) is 0 Å². The molecular formula is C29H46O4. The van der Waals surface area contributed by atoms with Crippen LogP contribution in [0.5, 0.6) is 0 Å². The largest absolute Gasteiger partial charge is 0.463 e. The molecule has 4 nitrogen and oxygen atoms in total. The predicted octanol–water partition coefficient (Wildman–Crippen LogP) is 6.36. The molecule has 0 aromatic carbocycles. The molecule has 6 aliphatic rings. The number of hydrogen-bond acceptors (Lipinski definition) is 4. The van der Waals surface area contributed by atoms with E-state index in [2.05, 4.69) is 27.7 Å². The van der Waals surface area contributed by atoms with E-state index in [0.29, 0.717) is 34.7 Å². The zero-order valence-electron chi connectivity index (χ0n) is 21.6. The minimum atomic E-state index is -0.300. The molecule has 4 saturated carbocycles. The van der Waals surface area contributed by atoms with Gasteiger partial charge in [0, 0.05) is 19.3 Å². The summed E-state index contributed by atoms with van der Waals surface area (Å²) in [6, 6.07) is 0. The maximum Gasteiger partial charge on any atom is 0.302 e. The van der Waals surface area contributed by atoms with Crippen LogP contribution in [0.25, 0.3) is 0 Å². The lowest BCUT2D eigenvalue weighted by Crippen LogP contribution is -2.55. The fraction of sp³-hybridized carbons (Fsp3) is 0.966. The molecule has 0 aromatic rings. The Bertz CT molecular complexity index is 786. The minimum absolute atomic E-state index is 0.105. The van der Waals surface area contributed by atoms with Crippen LogP contribution >= 0.6 is 0 Å². The monoisotopic (exact) mass is 458 g/mol. The van der Waals surface area contributed by atoms with Crippen LogP contribution in [0.1, 0.15) is 98.8 Å². The van der Waals surface area contributed by atoms with Crippen molar-refractivity contribution in [1.29, 1.82) is 0 Å². The molecule has 12 atom stereocenters. The molecule has 0 N–H and O–H groups in total. The van der Waals surface area contributed by atoms with Crippen molar-refractivity contribution in [2.24, 2.45) is 52.3 Å². The van der Waals surface area contributed by atoms with Gasteiger partial charge in [-0.3, -0.25) is 4.79 Å². The number of esters is 1. The average molecular weight is 459 g/mol. The lowest BCUT2D eigenvalue weighted by atomic mass is 9.44. The van der Waals surface area contributed by atoms with Crippen LogP contribution in [0.2, 0.25) is 0 Å². The van der Waals surface area contributed by atoms with Gasteiger partial charge in [0.25, 0.3) is 0 Å². The van der Waals surface area contributed by atoms with E-state index in [1.807, 2.05) is 0 Å². The maximum atomic E-state index is 11.5. The summed E-state index contributed by atoms with van der Waals surface area (Å²) < 4.78 is 19.1. The Morgan fingerprint density at radius 3 is 2.42 bits per heavy atom. The lowest BCUT2D eigenvalue weighted by Gasteiger charge is -2.61. The van der Waals surface area contributed by atoms with Gasteiger partial charge in [0.15, 0.2) is 5.79 Å². The molecule has 0 amide bonds. The van der Waals surface area contributed by atoms with E-state index in [1.54, 1.807) is 6.92 Å². The number of fused-ring (bicyclic) bond motifs is 7. The van der Waals surface area contributed by atoms with Gasteiger partial charge in [-0.1, -0.05) is 27.7 Å². The van der Waals surface area contributed by atoms with Gasteiger partial charge in [-0.05, 0) is 104 Å². The molecule has 2 heterocycles. The van der Waals surface area contributed by atoms with Gasteiger partial charge < -0.3 is 14.2 Å². The van der Waals surface area contributed by atoms with Crippen LogP contribution in [-0.4, -0.2) is 30.6 Å². The van der Waals surface area contributed by atoms with Crippen molar-refractivity contribution >= 4 is 5.97 Å². The standard InChI is InChI=1S/C29H46O4/c1-17-8-13-29(31-16-17)18(2)26-25(33-29)15-24-22-7-6-20-14-21(32-19(3)30)9-11-27(20,4)23(22)10-12-28(24,26)5/h17-18,20-26H,6-16H2,1-5H3/t17?,18-,20+,21+,22?,23?,24?,25-,26?,27-,28-,29+/m0/s1. The Morgan fingerprint density at radius 2 is 1.70 bits per heavy atom. The van der Waals surface area contributed by atoms with Crippen LogP contribution in [0.3, 0.4) is 0 Å². The molecule has 6 fully saturated rings. The topological polar surface area (TPSA) is 44.8 Å². The number of rotatable bonds is 1. The Morgan fingerprint density at radius 1 is 0.909 bits per heavy atom. The van der Waals surface area contributed by atoms with Gasteiger partial charge >= 0.3 is 5.97 Å². The summed E-state index contributed by atoms with van der Waals surface area (Å²) in [6.07, 6.45) is 12.9. The fourth-order valence-corrected chi connectivity index (χ4v) is 10.6. The first-order chi connectivity index (χ1) is 15.7. The summed E-state index contributed by atoms with van der Waals surface area (Å²) >= 11 is 0. The number of carbonyl (C=O) groups is 1. The first-order valence-electron chi connectivity index (χ1n) is 14.2. The average Bonchev–Trinajstić information content (AvgIpc) is 3.21. The number of ether oxygens (including phenoxy) is 3. The molecule has 2 saturated heterocycles. The summed E-state index contributed by atoms with van der Waals surface area (Å²) in [4.78, 5) is 11.5. The minimum Gasteiger partial charge on any atom is -0.463 e.